The van der Waals surface area contributed by atoms with Crippen LogP contribution in [-0.4, -0.2) is 21.4 Å². The van der Waals surface area contributed by atoms with Crippen LogP contribution in [0.25, 0.3) is 5.69 Å². The number of hydrogen-bond acceptors (Lipinski definition) is 4. The number of thiophene rings is 1. The summed E-state index contributed by atoms with van der Waals surface area (Å²) in [7, 11) is 0. The molecule has 6 nitrogen and oxygen atoms in total. The van der Waals surface area contributed by atoms with E-state index >= 15 is 0 Å². The highest BCUT2D eigenvalue weighted by Crippen LogP contribution is 2.23. The molecule has 1 unspecified atom stereocenters. The van der Waals surface area contributed by atoms with Crippen LogP contribution in [-0.2, 0) is 4.79 Å². The van der Waals surface area contributed by atoms with Gasteiger partial charge in [0, 0.05) is 25.0 Å². The summed E-state index contributed by atoms with van der Waals surface area (Å²) in [6.07, 6.45) is 5.35. The van der Waals surface area contributed by atoms with Gasteiger partial charge in [-0.1, -0.05) is 12.1 Å². The first kappa shape index (κ1) is 16.9. The van der Waals surface area contributed by atoms with Gasteiger partial charge in [-0.25, -0.2) is 4.98 Å². The number of imidazole rings is 1. The van der Waals surface area contributed by atoms with E-state index in [0.29, 0.717) is 9.88 Å². The van der Waals surface area contributed by atoms with E-state index in [2.05, 4.69) is 15.6 Å². The monoisotopic (exact) mass is 354 g/mol. The molecule has 0 saturated heterocycles. The van der Waals surface area contributed by atoms with Gasteiger partial charge in [0.15, 0.2) is 0 Å². The molecule has 0 aliphatic carbocycles. The van der Waals surface area contributed by atoms with Gasteiger partial charge in [-0.05, 0) is 36.8 Å². The van der Waals surface area contributed by atoms with Crippen LogP contribution in [0.2, 0.25) is 0 Å². The van der Waals surface area contributed by atoms with Crippen LogP contribution in [0.1, 0.15) is 35.1 Å². The van der Waals surface area contributed by atoms with Crippen molar-refractivity contribution in [3.05, 3.63) is 65.6 Å². The number of carbonyl (C=O) groups excluding carboxylic acids is 2. The molecule has 2 aromatic heterocycles. The van der Waals surface area contributed by atoms with Crippen molar-refractivity contribution in [2.75, 3.05) is 5.32 Å². The Bertz CT molecular complexity index is 869. The predicted octanol–water partition coefficient (Wildman–Crippen LogP) is 3.38. The summed E-state index contributed by atoms with van der Waals surface area (Å²) >= 11 is 1.25. The topological polar surface area (TPSA) is 76.0 Å². The van der Waals surface area contributed by atoms with E-state index in [4.69, 9.17) is 0 Å². The lowest BCUT2D eigenvalue weighted by Crippen LogP contribution is -2.25. The molecule has 7 heteroatoms. The van der Waals surface area contributed by atoms with Crippen LogP contribution in [0.4, 0.5) is 5.00 Å². The van der Waals surface area contributed by atoms with Crippen molar-refractivity contribution < 1.29 is 9.59 Å². The molecule has 0 fully saturated rings. The summed E-state index contributed by atoms with van der Waals surface area (Å²) in [4.78, 5) is 28.0. The maximum absolute atomic E-state index is 12.4. The molecule has 3 rings (SSSR count). The number of nitrogens with zero attached hydrogens (tertiary/aromatic N) is 2. The van der Waals surface area contributed by atoms with Crippen LogP contribution in [0.3, 0.4) is 0 Å². The van der Waals surface area contributed by atoms with E-state index in [-0.39, 0.29) is 17.9 Å². The van der Waals surface area contributed by atoms with E-state index in [0.717, 1.165) is 11.3 Å². The van der Waals surface area contributed by atoms with Crippen molar-refractivity contribution in [3.63, 3.8) is 0 Å². The van der Waals surface area contributed by atoms with Gasteiger partial charge in [0.25, 0.3) is 5.91 Å². The lowest BCUT2D eigenvalue weighted by Gasteiger charge is -2.14. The number of rotatable bonds is 5. The van der Waals surface area contributed by atoms with Crippen LogP contribution < -0.4 is 10.6 Å². The largest absolute Gasteiger partial charge is 0.345 e. The van der Waals surface area contributed by atoms with Crippen molar-refractivity contribution in [1.29, 1.82) is 0 Å². The zero-order valence-electron chi connectivity index (χ0n) is 13.9. The predicted molar refractivity (Wildman–Crippen MR) is 98.1 cm³/mol. The van der Waals surface area contributed by atoms with E-state index in [1.54, 1.807) is 24.7 Å². The first-order chi connectivity index (χ1) is 12.0. The van der Waals surface area contributed by atoms with Crippen molar-refractivity contribution in [3.8, 4) is 5.69 Å². The van der Waals surface area contributed by atoms with E-state index < -0.39 is 0 Å². The number of hydrogen-bond donors (Lipinski definition) is 2. The first-order valence-electron chi connectivity index (χ1n) is 7.79. The SMILES string of the molecule is CC(=O)Nc1ccc(C(=O)NC(C)c2ccc(-n3ccnc3)cc2)s1. The minimum Gasteiger partial charge on any atom is -0.345 e. The van der Waals surface area contributed by atoms with Crippen LogP contribution in [0.5, 0.6) is 0 Å². The average molecular weight is 354 g/mol. The van der Waals surface area contributed by atoms with Gasteiger partial charge in [-0.15, -0.1) is 11.3 Å². The molecule has 25 heavy (non-hydrogen) atoms. The molecular weight excluding hydrogens is 336 g/mol. The molecule has 2 N–H and O–H groups in total. The van der Waals surface area contributed by atoms with Crippen LogP contribution in [0.15, 0.2) is 55.1 Å². The minimum atomic E-state index is -0.159. The molecule has 2 heterocycles. The maximum atomic E-state index is 12.4. The fourth-order valence-corrected chi connectivity index (χ4v) is 3.25. The highest BCUT2D eigenvalue weighted by molar-refractivity contribution is 7.18. The third-order valence-electron chi connectivity index (χ3n) is 3.67. The van der Waals surface area contributed by atoms with Gasteiger partial charge in [-0.2, -0.15) is 0 Å². The van der Waals surface area contributed by atoms with Gasteiger partial charge in [0.1, 0.15) is 0 Å². The Hall–Kier alpha value is -2.93. The third-order valence-corrected chi connectivity index (χ3v) is 4.67. The second-order valence-corrected chi connectivity index (χ2v) is 6.69. The molecule has 0 bridgehead atoms. The van der Waals surface area contributed by atoms with Crippen molar-refractivity contribution >= 4 is 28.2 Å². The second-order valence-electron chi connectivity index (χ2n) is 5.60. The van der Waals surface area contributed by atoms with E-state index in [9.17, 15) is 9.59 Å². The Morgan fingerprint density at radius 2 is 1.92 bits per heavy atom. The Morgan fingerprint density at radius 1 is 1.16 bits per heavy atom. The molecule has 128 valence electrons. The molecule has 1 aromatic carbocycles. The second kappa shape index (κ2) is 7.31. The number of aromatic nitrogens is 2. The van der Waals surface area contributed by atoms with Gasteiger partial charge in [0.05, 0.1) is 22.2 Å². The molecule has 3 aromatic rings. The fraction of sp³-hybridized carbons (Fsp3) is 0.167. The Balaban J connectivity index is 1.65. The summed E-state index contributed by atoms with van der Waals surface area (Å²) in [5.41, 5.74) is 2.02. The molecule has 0 aliphatic heterocycles. The van der Waals surface area contributed by atoms with Crippen LogP contribution in [0, 0.1) is 0 Å². The number of amides is 2. The molecule has 0 saturated carbocycles. The van der Waals surface area contributed by atoms with Crippen molar-refractivity contribution in [2.24, 2.45) is 0 Å². The van der Waals surface area contributed by atoms with Gasteiger partial charge in [0.2, 0.25) is 5.91 Å². The molecule has 0 aliphatic rings. The molecule has 0 spiro atoms. The lowest BCUT2D eigenvalue weighted by atomic mass is 10.1. The summed E-state index contributed by atoms with van der Waals surface area (Å²) < 4.78 is 1.92. The van der Waals surface area contributed by atoms with E-state index in [1.807, 2.05) is 42.0 Å². The summed E-state index contributed by atoms with van der Waals surface area (Å²) in [6.45, 7) is 3.38. The highest BCUT2D eigenvalue weighted by Gasteiger charge is 2.14. The number of anilines is 1. The van der Waals surface area contributed by atoms with E-state index in [1.165, 1.54) is 18.3 Å². The zero-order valence-corrected chi connectivity index (χ0v) is 14.7. The molecular formula is C18H18N4O2S. The normalized spacial score (nSPS) is 11.8. The lowest BCUT2D eigenvalue weighted by molar-refractivity contribution is -0.114. The molecule has 1 atom stereocenters. The zero-order chi connectivity index (χ0) is 17.8. The fourth-order valence-electron chi connectivity index (χ4n) is 2.40. The summed E-state index contributed by atoms with van der Waals surface area (Å²) in [5.74, 6) is -0.312. The highest BCUT2D eigenvalue weighted by atomic mass is 32.1. The van der Waals surface area contributed by atoms with Gasteiger partial charge >= 0.3 is 0 Å². The Kier molecular flexibility index (Phi) is 4.95. The third kappa shape index (κ3) is 4.13. The standard InChI is InChI=1S/C18H18N4O2S/c1-12(14-3-5-15(6-4-14)22-10-9-19-11-22)20-18(24)16-7-8-17(25-16)21-13(2)23/h3-12H,1-2H3,(H,20,24)(H,21,23). The number of nitrogens with one attached hydrogen (secondary N) is 2. The number of benzene rings is 1. The maximum Gasteiger partial charge on any atom is 0.261 e. The molecule has 0 radical (unpaired) electrons. The molecule has 2 amide bonds. The van der Waals surface area contributed by atoms with Crippen molar-refractivity contribution in [1.82, 2.24) is 14.9 Å². The van der Waals surface area contributed by atoms with Crippen LogP contribution >= 0.6 is 11.3 Å². The average Bonchev–Trinajstić information content (AvgIpc) is 3.26. The first-order valence-corrected chi connectivity index (χ1v) is 8.61. The van der Waals surface area contributed by atoms with Crippen molar-refractivity contribution in [2.45, 2.75) is 19.9 Å². The summed E-state index contributed by atoms with van der Waals surface area (Å²) in [5, 5.41) is 6.31. The number of carbonyl (C=O) groups is 2. The van der Waals surface area contributed by atoms with Gasteiger partial charge < -0.3 is 15.2 Å². The Morgan fingerprint density at radius 3 is 2.56 bits per heavy atom. The quantitative estimate of drug-likeness (QED) is 0.737. The summed E-state index contributed by atoms with van der Waals surface area (Å²) in [6, 6.07) is 11.2. The smallest absolute Gasteiger partial charge is 0.261 e. The Labute approximate surface area is 149 Å². The minimum absolute atomic E-state index is 0.129. The van der Waals surface area contributed by atoms with Gasteiger partial charge in [-0.3, -0.25) is 9.59 Å².